The van der Waals surface area contributed by atoms with Crippen molar-refractivity contribution >= 4 is 23.3 Å². The van der Waals surface area contributed by atoms with Crippen LogP contribution in [0.2, 0.25) is 5.02 Å². The molecule has 0 bridgehead atoms. The monoisotopic (exact) mass is 441 g/mol. The molecule has 0 saturated heterocycles. The van der Waals surface area contributed by atoms with Gasteiger partial charge in [-0.1, -0.05) is 17.7 Å². The maximum Gasteiger partial charge on any atom is 0.417 e. The summed E-state index contributed by atoms with van der Waals surface area (Å²) in [4.78, 5) is 18.3. The molecule has 0 aliphatic carbocycles. The summed E-state index contributed by atoms with van der Waals surface area (Å²) >= 11 is 5.87. The fraction of sp³-hybridized carbons (Fsp3) is 0.263. The largest absolute Gasteiger partial charge is 0.497 e. The van der Waals surface area contributed by atoms with Crippen molar-refractivity contribution in [2.45, 2.75) is 12.6 Å². The Morgan fingerprint density at radius 3 is 2.70 bits per heavy atom. The molecule has 11 heteroatoms. The van der Waals surface area contributed by atoms with Crippen molar-refractivity contribution in [1.82, 2.24) is 9.88 Å². The van der Waals surface area contributed by atoms with Crippen LogP contribution in [-0.2, 0) is 6.18 Å². The van der Waals surface area contributed by atoms with Crippen LogP contribution in [0.5, 0.6) is 5.75 Å². The van der Waals surface area contributed by atoms with Gasteiger partial charge in [-0.2, -0.15) is 13.2 Å². The van der Waals surface area contributed by atoms with E-state index < -0.39 is 22.7 Å². The van der Waals surface area contributed by atoms with Gasteiger partial charge in [-0.25, -0.2) is 10.8 Å². The number of amides is 1. The molecule has 0 atom stereocenters. The van der Waals surface area contributed by atoms with E-state index in [1.54, 1.807) is 12.1 Å². The first-order valence-electron chi connectivity index (χ1n) is 8.80. The van der Waals surface area contributed by atoms with Gasteiger partial charge in [0.05, 0.1) is 35.5 Å². The molecule has 30 heavy (non-hydrogen) atoms. The minimum absolute atomic E-state index is 0.0155. The molecule has 7 nitrogen and oxygen atoms in total. The van der Waals surface area contributed by atoms with Crippen LogP contribution >= 0.6 is 11.6 Å². The molecule has 4 N–H and O–H groups in total. The number of nitrogens with two attached hydrogens (primary N) is 2. The number of carbonyl (C=O) groups is 1. The molecule has 0 spiro atoms. The molecule has 0 radical (unpaired) electrons. The number of hydrazine groups is 1. The summed E-state index contributed by atoms with van der Waals surface area (Å²) in [5.74, 6) is 6.45. The zero-order valence-electron chi connectivity index (χ0n) is 15.9. The Hall–Kier alpha value is -2.98. The lowest BCUT2D eigenvalue weighted by atomic mass is 10.1. The summed E-state index contributed by atoms with van der Waals surface area (Å²) < 4.78 is 44.4. The topological polar surface area (TPSA) is 97.7 Å². The number of carbonyl (C=O) groups excluding carboxylic acids is 1. The molecular weight excluding hydrogens is 423 g/mol. The van der Waals surface area contributed by atoms with Crippen molar-refractivity contribution in [2.75, 3.05) is 25.2 Å². The molecule has 0 saturated carbocycles. The van der Waals surface area contributed by atoms with Crippen LogP contribution in [0.15, 0.2) is 47.9 Å². The number of halogens is 4. The second-order valence-corrected chi connectivity index (χ2v) is 6.92. The van der Waals surface area contributed by atoms with Crippen molar-refractivity contribution in [1.29, 1.82) is 0 Å². The van der Waals surface area contributed by atoms with Crippen LogP contribution in [0.1, 0.15) is 22.3 Å². The van der Waals surface area contributed by atoms with E-state index in [1.807, 2.05) is 0 Å². The van der Waals surface area contributed by atoms with E-state index in [9.17, 15) is 18.0 Å². The summed E-state index contributed by atoms with van der Waals surface area (Å²) in [6, 6.07) is 6.52. The van der Waals surface area contributed by atoms with Crippen LogP contribution in [0.3, 0.4) is 0 Å². The van der Waals surface area contributed by atoms with Crippen molar-refractivity contribution in [3.05, 3.63) is 64.1 Å². The number of anilines is 1. The van der Waals surface area contributed by atoms with E-state index >= 15 is 0 Å². The number of ether oxygens (including phenoxy) is 1. The van der Waals surface area contributed by atoms with Gasteiger partial charge < -0.3 is 15.4 Å². The van der Waals surface area contributed by atoms with Gasteiger partial charge in [0, 0.05) is 30.9 Å². The van der Waals surface area contributed by atoms with E-state index in [-0.39, 0.29) is 25.1 Å². The molecule has 2 heterocycles. The summed E-state index contributed by atoms with van der Waals surface area (Å²) in [5, 5.41) is 0.668. The summed E-state index contributed by atoms with van der Waals surface area (Å²) in [6.45, 7) is 0.178. The van der Waals surface area contributed by atoms with Crippen LogP contribution in [0, 0.1) is 0 Å². The van der Waals surface area contributed by atoms with Crippen molar-refractivity contribution < 1.29 is 22.7 Å². The lowest BCUT2D eigenvalue weighted by Gasteiger charge is -2.33. The van der Waals surface area contributed by atoms with Gasteiger partial charge in [0.15, 0.2) is 5.82 Å². The SMILES string of the molecule is COc1ccnc(N(N)C2=C(N)CN(C(=O)c3cccc(C(F)(F)F)c3Cl)CC2)c1. The summed E-state index contributed by atoms with van der Waals surface area (Å²) in [6.07, 6.45) is -2.85. The third-order valence-electron chi connectivity index (χ3n) is 4.66. The number of methoxy groups -OCH3 is 1. The maximum absolute atomic E-state index is 13.1. The van der Waals surface area contributed by atoms with Gasteiger partial charge in [0.2, 0.25) is 0 Å². The lowest BCUT2D eigenvalue weighted by molar-refractivity contribution is -0.137. The average molecular weight is 442 g/mol. The molecule has 0 unspecified atom stereocenters. The lowest BCUT2D eigenvalue weighted by Crippen LogP contribution is -2.44. The normalized spacial score (nSPS) is 14.7. The molecule has 1 amide bonds. The highest BCUT2D eigenvalue weighted by Gasteiger charge is 2.35. The third-order valence-corrected chi connectivity index (χ3v) is 5.07. The van der Waals surface area contributed by atoms with Gasteiger partial charge >= 0.3 is 6.18 Å². The summed E-state index contributed by atoms with van der Waals surface area (Å²) in [5.41, 5.74) is 5.67. The first-order chi connectivity index (χ1) is 14.1. The molecule has 1 aliphatic heterocycles. The van der Waals surface area contributed by atoms with Crippen molar-refractivity contribution in [3.63, 3.8) is 0 Å². The second-order valence-electron chi connectivity index (χ2n) is 6.54. The average Bonchev–Trinajstić information content (AvgIpc) is 2.72. The second kappa shape index (κ2) is 8.41. The Balaban J connectivity index is 1.82. The van der Waals surface area contributed by atoms with Gasteiger partial charge in [0.25, 0.3) is 5.91 Å². The number of hydrogen-bond acceptors (Lipinski definition) is 6. The maximum atomic E-state index is 13.1. The smallest absolute Gasteiger partial charge is 0.417 e. The van der Waals surface area contributed by atoms with Gasteiger partial charge in [-0.15, -0.1) is 0 Å². The highest BCUT2D eigenvalue weighted by Crippen LogP contribution is 2.37. The third kappa shape index (κ3) is 4.29. The van der Waals surface area contributed by atoms with Gasteiger partial charge in [-0.05, 0) is 18.2 Å². The van der Waals surface area contributed by atoms with Crippen LogP contribution < -0.4 is 21.3 Å². The molecule has 3 rings (SSSR count). The first-order valence-corrected chi connectivity index (χ1v) is 9.18. The van der Waals surface area contributed by atoms with E-state index in [0.717, 1.165) is 12.1 Å². The Morgan fingerprint density at radius 1 is 1.33 bits per heavy atom. The highest BCUT2D eigenvalue weighted by molar-refractivity contribution is 6.34. The van der Waals surface area contributed by atoms with Gasteiger partial charge in [0.1, 0.15) is 5.75 Å². The number of alkyl halides is 3. The standard InChI is InChI=1S/C19H19ClF3N5O2/c1-30-11-5-7-26-16(9-11)28(25)15-6-8-27(10-14(15)24)18(29)12-3-2-4-13(17(12)20)19(21,22)23/h2-5,7,9H,6,8,10,24-25H2,1H3. The fourth-order valence-corrected chi connectivity index (χ4v) is 3.42. The molecular formula is C19H19ClF3N5O2. The van der Waals surface area contributed by atoms with Gasteiger partial charge in [-0.3, -0.25) is 9.80 Å². The fourth-order valence-electron chi connectivity index (χ4n) is 3.11. The Morgan fingerprint density at radius 2 is 2.07 bits per heavy atom. The molecule has 2 aromatic rings. The zero-order valence-corrected chi connectivity index (χ0v) is 16.7. The molecule has 1 aromatic carbocycles. The number of hydrogen-bond donors (Lipinski definition) is 2. The number of nitrogens with zero attached hydrogens (tertiary/aromatic N) is 3. The number of benzene rings is 1. The quantitative estimate of drug-likeness (QED) is 0.558. The van der Waals surface area contributed by atoms with E-state index in [0.29, 0.717) is 23.0 Å². The van der Waals surface area contributed by atoms with E-state index in [1.165, 1.54) is 29.3 Å². The highest BCUT2D eigenvalue weighted by atomic mass is 35.5. The zero-order chi connectivity index (χ0) is 22.1. The Bertz CT molecular complexity index is 996. The van der Waals surface area contributed by atoms with E-state index in [4.69, 9.17) is 27.9 Å². The number of aromatic nitrogens is 1. The van der Waals surface area contributed by atoms with Crippen LogP contribution in [0.25, 0.3) is 0 Å². The number of rotatable bonds is 4. The molecule has 0 fully saturated rings. The Kier molecular flexibility index (Phi) is 6.09. The molecule has 1 aliphatic rings. The number of pyridine rings is 1. The van der Waals surface area contributed by atoms with Crippen molar-refractivity contribution in [2.24, 2.45) is 11.6 Å². The predicted octanol–water partition coefficient (Wildman–Crippen LogP) is 3.16. The molecule has 160 valence electrons. The molecule has 1 aromatic heterocycles. The minimum Gasteiger partial charge on any atom is -0.497 e. The Labute approximate surface area is 175 Å². The van der Waals surface area contributed by atoms with Crippen LogP contribution in [0.4, 0.5) is 19.0 Å². The van der Waals surface area contributed by atoms with Crippen LogP contribution in [-0.4, -0.2) is 36.0 Å². The first kappa shape index (κ1) is 21.7. The summed E-state index contributed by atoms with van der Waals surface area (Å²) in [7, 11) is 1.51. The predicted molar refractivity (Wildman–Crippen MR) is 106 cm³/mol. The van der Waals surface area contributed by atoms with E-state index in [2.05, 4.69) is 4.98 Å². The minimum atomic E-state index is -4.66. The van der Waals surface area contributed by atoms with Crippen molar-refractivity contribution in [3.8, 4) is 5.75 Å².